The van der Waals surface area contributed by atoms with Gasteiger partial charge in [-0.3, -0.25) is 14.4 Å². The third-order valence-electron chi connectivity index (χ3n) is 13.0. The van der Waals surface area contributed by atoms with E-state index in [9.17, 15) is 24.9 Å². The molecule has 0 unspecified atom stereocenters. The Morgan fingerprint density at radius 3 is 2.11 bits per heavy atom. The number of hydrogen-bond acceptors (Lipinski definition) is 13. The number of epoxide rings is 2. The van der Waals surface area contributed by atoms with Crippen molar-refractivity contribution in [2.75, 3.05) is 28.2 Å². The molecule has 13 nitrogen and oxygen atoms in total. The van der Waals surface area contributed by atoms with Crippen LogP contribution in [0.5, 0.6) is 5.75 Å². The van der Waals surface area contributed by atoms with Gasteiger partial charge in [-0.05, 0) is 106 Å². The molecule has 13 heteroatoms. The number of aliphatic hydroxyl groups is 2. The van der Waals surface area contributed by atoms with E-state index in [1.807, 2.05) is 51.8 Å². The van der Waals surface area contributed by atoms with Crippen molar-refractivity contribution in [3.05, 3.63) is 73.1 Å². The average Bonchev–Trinajstić information content (AvgIpc) is 4.01. The first-order valence-electron chi connectivity index (χ1n) is 18.7. The van der Waals surface area contributed by atoms with Gasteiger partial charge in [-0.1, -0.05) is 0 Å². The summed E-state index contributed by atoms with van der Waals surface area (Å²) in [4.78, 5) is 47.7. The van der Waals surface area contributed by atoms with E-state index in [-0.39, 0.29) is 87.2 Å². The first-order valence-corrected chi connectivity index (χ1v) is 18.7. The van der Waals surface area contributed by atoms with Gasteiger partial charge in [-0.15, -0.1) is 0 Å². The number of aryl methyl sites for hydroxylation is 1. The summed E-state index contributed by atoms with van der Waals surface area (Å²) in [6.07, 6.45) is -4.44. The Bertz CT molecular complexity index is 2160. The summed E-state index contributed by atoms with van der Waals surface area (Å²) in [5.74, 6) is -1.42. The fraction of sp³-hybridized carbons (Fsp3) is 0.585. The van der Waals surface area contributed by atoms with Crippen LogP contribution in [0.4, 0.5) is 0 Å². The van der Waals surface area contributed by atoms with Crippen molar-refractivity contribution in [2.24, 2.45) is 0 Å². The number of carbonyl (C=O) groups is 2. The van der Waals surface area contributed by atoms with Gasteiger partial charge in [0.2, 0.25) is 5.78 Å². The number of fused-ring (bicyclic) bond motifs is 4. The largest absolute Gasteiger partial charge is 0.507 e. The van der Waals surface area contributed by atoms with Gasteiger partial charge in [0.05, 0.1) is 59.2 Å². The maximum Gasteiger partial charge on any atom is 0.202 e. The lowest BCUT2D eigenvalue weighted by molar-refractivity contribution is -0.176. The predicted molar refractivity (Wildman–Crippen MR) is 196 cm³/mol. The van der Waals surface area contributed by atoms with E-state index in [0.29, 0.717) is 11.1 Å². The molecule has 54 heavy (non-hydrogen) atoms. The summed E-state index contributed by atoms with van der Waals surface area (Å²) in [6, 6.07) is 4.26. The molecule has 3 N–H and O–H groups in total. The Balaban J connectivity index is 1.34. The van der Waals surface area contributed by atoms with Crippen molar-refractivity contribution >= 4 is 22.5 Å². The lowest BCUT2D eigenvalue weighted by atomic mass is 9.74. The molecule has 12 atom stereocenters. The maximum absolute atomic E-state index is 15.1. The average molecular weight is 747 g/mol. The monoisotopic (exact) mass is 746 g/mol. The molecule has 0 amide bonds. The Morgan fingerprint density at radius 1 is 0.815 bits per heavy atom. The van der Waals surface area contributed by atoms with E-state index in [0.717, 1.165) is 0 Å². The third kappa shape index (κ3) is 5.38. The molecule has 0 radical (unpaired) electrons. The van der Waals surface area contributed by atoms with Gasteiger partial charge in [0.1, 0.15) is 29.3 Å². The quantitative estimate of drug-likeness (QED) is 0.244. The molecular weight excluding hydrogens is 696 g/mol. The number of aromatic hydroxyl groups is 1. The molecule has 1 aliphatic carbocycles. The number of aliphatic hydroxyl groups excluding tert-OH is 2. The minimum Gasteiger partial charge on any atom is -0.507 e. The number of carbonyl (C=O) groups excluding carboxylic acids is 2. The number of nitrogens with zero attached hydrogens (tertiary/aromatic N) is 2. The van der Waals surface area contributed by atoms with Crippen LogP contribution in [-0.2, 0) is 24.5 Å². The molecule has 5 heterocycles. The Morgan fingerprint density at radius 2 is 1.48 bits per heavy atom. The van der Waals surface area contributed by atoms with Gasteiger partial charge in [0.15, 0.2) is 16.8 Å². The van der Waals surface area contributed by atoms with E-state index in [1.165, 1.54) is 12.1 Å². The second-order valence-electron chi connectivity index (χ2n) is 16.9. The molecule has 0 bridgehead atoms. The first-order chi connectivity index (χ1) is 25.3. The summed E-state index contributed by atoms with van der Waals surface area (Å²) < 4.78 is 30.9. The highest BCUT2D eigenvalue weighted by Gasteiger charge is 2.66. The van der Waals surface area contributed by atoms with Crippen molar-refractivity contribution in [3.63, 3.8) is 0 Å². The Labute approximate surface area is 313 Å². The SMILES string of the molecule is Cc1cc2c(c3oc([C@]4(C)O[C@H]4[C@@H]4O[C@H]4C)cc(=O)c13)C(=O)c1c(O)c([C@H]3C[C@](C)(N(C)C)[C@H](O)[C@H](C)O3)cc([C@H]3C[C@@H](N(C)C)[C@H](O)[C@@H](C)O3)c1C2=O. The van der Waals surface area contributed by atoms with Gasteiger partial charge >= 0.3 is 0 Å². The van der Waals surface area contributed by atoms with Crippen molar-refractivity contribution in [3.8, 4) is 5.75 Å². The van der Waals surface area contributed by atoms with Crippen LogP contribution in [-0.4, -0.2) is 119 Å². The molecule has 0 saturated carbocycles. The molecule has 5 aliphatic rings. The number of likely N-dealkylation sites (N-methyl/N-ethyl adjacent to an activating group) is 2. The molecule has 4 fully saturated rings. The standard InChI is InChI=1S/C41H50N2O11/c1-16-11-22-30(37-28(16)24(44)14-27(53-37)41(6)39(54-41)36-18(3)52-36)35(48)31-29(34(22)47)20(25-13-23(42(7)8)32(45)17(2)50-25)12-21(33(31)46)26-15-40(5,43(9)10)38(49)19(4)51-26/h11-12,14,17-19,23,25-26,32,36,38-39,45-46,49H,13,15H2,1-10H3/t17-,18+,19+,23-,25-,26-,32-,36-,38-,39+,40+,41+/m1/s1. The Hall–Kier alpha value is -3.53. The number of ketones is 2. The molecule has 290 valence electrons. The van der Waals surface area contributed by atoms with Gasteiger partial charge in [-0.2, -0.15) is 0 Å². The number of phenols is 1. The molecule has 4 aliphatic heterocycles. The number of benzene rings is 2. The van der Waals surface area contributed by atoms with Gasteiger partial charge < -0.3 is 48.5 Å². The van der Waals surface area contributed by atoms with Crippen molar-refractivity contribution in [1.82, 2.24) is 9.80 Å². The summed E-state index contributed by atoms with van der Waals surface area (Å²) >= 11 is 0. The lowest BCUT2D eigenvalue weighted by Crippen LogP contribution is -2.59. The number of ether oxygens (including phenoxy) is 4. The van der Waals surface area contributed by atoms with Crippen LogP contribution in [0.1, 0.15) is 114 Å². The second kappa shape index (κ2) is 12.5. The van der Waals surface area contributed by atoms with Crippen molar-refractivity contribution in [2.45, 2.75) is 127 Å². The van der Waals surface area contributed by atoms with E-state index in [1.54, 1.807) is 33.8 Å². The number of phenolic OH excluding ortho intramolecular Hbond substituents is 1. The zero-order valence-electron chi connectivity index (χ0n) is 32.4. The number of hydrogen-bond donors (Lipinski definition) is 3. The molecule has 3 aromatic rings. The van der Waals surface area contributed by atoms with E-state index >= 15 is 4.79 Å². The summed E-state index contributed by atoms with van der Waals surface area (Å²) in [6.45, 7) is 10.9. The molecule has 0 spiro atoms. The molecule has 8 rings (SSSR count). The number of rotatable bonds is 6. The normalized spacial score (nSPS) is 37.5. The highest BCUT2D eigenvalue weighted by molar-refractivity contribution is 6.33. The van der Waals surface area contributed by atoms with Gasteiger partial charge in [0.25, 0.3) is 0 Å². The summed E-state index contributed by atoms with van der Waals surface area (Å²) in [5, 5.41) is 34.7. The van der Waals surface area contributed by atoms with E-state index in [2.05, 4.69) is 0 Å². The molecule has 4 saturated heterocycles. The van der Waals surface area contributed by atoms with Crippen LogP contribution >= 0.6 is 0 Å². The van der Waals surface area contributed by atoms with Crippen LogP contribution in [0.25, 0.3) is 11.0 Å². The lowest BCUT2D eigenvalue weighted by Gasteiger charge is -2.49. The molecule has 2 aromatic carbocycles. The van der Waals surface area contributed by atoms with E-state index in [4.69, 9.17) is 23.4 Å². The van der Waals surface area contributed by atoms with Crippen LogP contribution < -0.4 is 5.43 Å². The van der Waals surface area contributed by atoms with Gasteiger partial charge in [0, 0.05) is 34.3 Å². The zero-order valence-corrected chi connectivity index (χ0v) is 32.4. The molecular formula is C41H50N2O11. The maximum atomic E-state index is 15.1. The van der Waals surface area contributed by atoms with Crippen molar-refractivity contribution < 1.29 is 48.3 Å². The zero-order chi connectivity index (χ0) is 39.1. The molecule has 1 aromatic heterocycles. The van der Waals surface area contributed by atoms with Crippen molar-refractivity contribution in [1.29, 1.82) is 0 Å². The van der Waals surface area contributed by atoms with Crippen LogP contribution in [0.15, 0.2) is 27.4 Å². The minimum absolute atomic E-state index is 0.00321. The Kier molecular flexibility index (Phi) is 8.65. The summed E-state index contributed by atoms with van der Waals surface area (Å²) in [7, 11) is 7.45. The second-order valence-corrected chi connectivity index (χ2v) is 16.9. The van der Waals surface area contributed by atoms with Crippen LogP contribution in [0.3, 0.4) is 0 Å². The smallest absolute Gasteiger partial charge is 0.202 e. The summed E-state index contributed by atoms with van der Waals surface area (Å²) in [5.41, 5.74) is -1.39. The van der Waals surface area contributed by atoms with Gasteiger partial charge in [-0.25, -0.2) is 0 Å². The van der Waals surface area contributed by atoms with E-state index < -0.39 is 65.1 Å². The third-order valence-corrected chi connectivity index (χ3v) is 13.0. The highest BCUT2D eigenvalue weighted by atomic mass is 16.7. The predicted octanol–water partition coefficient (Wildman–Crippen LogP) is 3.66. The fourth-order valence-corrected chi connectivity index (χ4v) is 9.24. The minimum atomic E-state index is -0.970. The first kappa shape index (κ1) is 37.4. The fourth-order valence-electron chi connectivity index (χ4n) is 9.24. The highest BCUT2D eigenvalue weighted by Crippen LogP contribution is 2.54. The van der Waals surface area contributed by atoms with Crippen LogP contribution in [0, 0.1) is 6.92 Å². The topological polar surface area (TPSA) is 175 Å². The van der Waals surface area contributed by atoms with Crippen LogP contribution in [0.2, 0.25) is 0 Å².